The molecule has 0 heterocycles. The number of hydrogen-bond donors (Lipinski definition) is 2. The van der Waals surface area contributed by atoms with E-state index < -0.39 is 6.10 Å². The molecule has 0 amide bonds. The Hall–Kier alpha value is -0.650. The lowest BCUT2D eigenvalue weighted by Gasteiger charge is -2.13. The van der Waals surface area contributed by atoms with Gasteiger partial charge in [-0.3, -0.25) is 4.79 Å². The fourth-order valence-electron chi connectivity index (χ4n) is 2.11. The molecule has 1 rings (SSSR count). The van der Waals surface area contributed by atoms with Crippen LogP contribution in [-0.4, -0.2) is 49.6 Å². The van der Waals surface area contributed by atoms with Crippen molar-refractivity contribution in [1.82, 2.24) is 5.32 Å². The molecule has 1 fully saturated rings. The minimum Gasteiger partial charge on any atom is -0.466 e. The van der Waals surface area contributed by atoms with Crippen LogP contribution in [-0.2, 0) is 14.3 Å². The van der Waals surface area contributed by atoms with Gasteiger partial charge in [0.15, 0.2) is 0 Å². The molecule has 1 aliphatic carbocycles. The molecule has 0 radical (unpaired) electrons. The Morgan fingerprint density at radius 2 is 2.17 bits per heavy atom. The van der Waals surface area contributed by atoms with E-state index in [1.54, 1.807) is 6.92 Å². The van der Waals surface area contributed by atoms with E-state index in [1.165, 1.54) is 25.7 Å². The number of esters is 1. The van der Waals surface area contributed by atoms with Gasteiger partial charge in [-0.2, -0.15) is 0 Å². The van der Waals surface area contributed by atoms with Gasteiger partial charge in [0.2, 0.25) is 0 Å². The van der Waals surface area contributed by atoms with Gasteiger partial charge < -0.3 is 19.9 Å². The lowest BCUT2D eigenvalue weighted by Crippen LogP contribution is -2.32. The van der Waals surface area contributed by atoms with Crippen LogP contribution in [0.25, 0.3) is 0 Å². The monoisotopic (exact) mass is 259 g/mol. The first-order chi connectivity index (χ1) is 8.72. The molecule has 0 bridgehead atoms. The molecule has 1 saturated carbocycles. The Balaban J connectivity index is 1.91. The summed E-state index contributed by atoms with van der Waals surface area (Å²) >= 11 is 0. The van der Waals surface area contributed by atoms with Gasteiger partial charge in [0, 0.05) is 13.1 Å². The maximum atomic E-state index is 11.1. The number of carbonyl (C=O) groups is 1. The molecule has 0 saturated heterocycles. The van der Waals surface area contributed by atoms with Crippen LogP contribution in [0.1, 0.15) is 39.0 Å². The number of nitrogens with one attached hydrogen (secondary N) is 1. The number of hydrogen-bond acceptors (Lipinski definition) is 5. The lowest BCUT2D eigenvalue weighted by atomic mass is 10.2. The van der Waals surface area contributed by atoms with Crippen molar-refractivity contribution in [2.75, 3.05) is 26.3 Å². The summed E-state index contributed by atoms with van der Waals surface area (Å²) in [5.41, 5.74) is 0. The summed E-state index contributed by atoms with van der Waals surface area (Å²) in [6, 6.07) is 0. The zero-order chi connectivity index (χ0) is 13.2. The number of rotatable bonds is 9. The fourth-order valence-corrected chi connectivity index (χ4v) is 2.11. The Morgan fingerprint density at radius 1 is 1.44 bits per heavy atom. The topological polar surface area (TPSA) is 67.8 Å². The normalized spacial score (nSPS) is 17.9. The third-order valence-electron chi connectivity index (χ3n) is 3.02. The summed E-state index contributed by atoms with van der Waals surface area (Å²) in [4.78, 5) is 11.1. The summed E-state index contributed by atoms with van der Waals surface area (Å²) < 4.78 is 10.4. The van der Waals surface area contributed by atoms with Crippen molar-refractivity contribution in [1.29, 1.82) is 0 Å². The minimum absolute atomic E-state index is 0.0460. The maximum Gasteiger partial charge on any atom is 0.308 e. The van der Waals surface area contributed by atoms with E-state index in [-0.39, 0.29) is 12.4 Å². The second kappa shape index (κ2) is 9.30. The second-order valence-electron chi connectivity index (χ2n) is 4.64. The highest BCUT2D eigenvalue weighted by Gasteiger charge is 2.15. The summed E-state index contributed by atoms with van der Waals surface area (Å²) in [5, 5.41) is 12.6. The summed E-state index contributed by atoms with van der Waals surface area (Å²) in [5.74, 6) is -0.353. The van der Waals surface area contributed by atoms with E-state index in [4.69, 9.17) is 9.47 Å². The van der Waals surface area contributed by atoms with E-state index in [9.17, 15) is 9.90 Å². The van der Waals surface area contributed by atoms with Crippen molar-refractivity contribution in [2.45, 2.75) is 51.2 Å². The Morgan fingerprint density at radius 3 is 2.83 bits per heavy atom. The van der Waals surface area contributed by atoms with E-state index in [1.807, 2.05) is 0 Å². The fraction of sp³-hybridized carbons (Fsp3) is 0.923. The highest BCUT2D eigenvalue weighted by Crippen LogP contribution is 2.20. The smallest absolute Gasteiger partial charge is 0.308 e. The van der Waals surface area contributed by atoms with Crippen LogP contribution in [0.15, 0.2) is 0 Å². The van der Waals surface area contributed by atoms with Crippen molar-refractivity contribution >= 4 is 5.97 Å². The van der Waals surface area contributed by atoms with E-state index >= 15 is 0 Å². The number of ether oxygens (including phenoxy) is 2. The van der Waals surface area contributed by atoms with Crippen LogP contribution in [0.2, 0.25) is 0 Å². The molecule has 0 spiro atoms. The van der Waals surface area contributed by atoms with Gasteiger partial charge in [0.25, 0.3) is 0 Å². The van der Waals surface area contributed by atoms with Gasteiger partial charge in [0.1, 0.15) is 0 Å². The minimum atomic E-state index is -0.685. The third kappa shape index (κ3) is 6.93. The molecule has 5 nitrogen and oxygen atoms in total. The SMILES string of the molecule is CCOC(=O)CC(O)CNCCOC1CCCC1. The quantitative estimate of drug-likeness (QED) is 0.474. The molecule has 0 aromatic heterocycles. The largest absolute Gasteiger partial charge is 0.466 e. The summed E-state index contributed by atoms with van der Waals surface area (Å²) in [7, 11) is 0. The van der Waals surface area contributed by atoms with Crippen LogP contribution in [0.4, 0.5) is 0 Å². The van der Waals surface area contributed by atoms with Gasteiger partial charge in [-0.15, -0.1) is 0 Å². The van der Waals surface area contributed by atoms with Crippen LogP contribution in [0.3, 0.4) is 0 Å². The molecule has 0 aromatic rings. The predicted molar refractivity (Wildman–Crippen MR) is 68.3 cm³/mol. The first-order valence-electron chi connectivity index (χ1n) is 6.88. The highest BCUT2D eigenvalue weighted by molar-refractivity contribution is 5.69. The molecule has 106 valence electrons. The summed E-state index contributed by atoms with van der Waals surface area (Å²) in [6.45, 7) is 3.87. The number of aliphatic hydroxyl groups excluding tert-OH is 1. The van der Waals surface area contributed by atoms with E-state index in [0.717, 1.165) is 0 Å². The predicted octanol–water partition coefficient (Wildman–Crippen LogP) is 0.849. The number of carbonyl (C=O) groups excluding carboxylic acids is 1. The van der Waals surface area contributed by atoms with E-state index in [0.29, 0.717) is 32.4 Å². The van der Waals surface area contributed by atoms with Crippen molar-refractivity contribution in [3.63, 3.8) is 0 Å². The molecule has 0 aliphatic heterocycles. The van der Waals surface area contributed by atoms with Crippen LogP contribution in [0.5, 0.6) is 0 Å². The third-order valence-corrected chi connectivity index (χ3v) is 3.02. The molecular formula is C13H25NO4. The van der Waals surface area contributed by atoms with Crippen LogP contribution in [0, 0.1) is 0 Å². The molecular weight excluding hydrogens is 234 g/mol. The van der Waals surface area contributed by atoms with Crippen molar-refractivity contribution in [3.8, 4) is 0 Å². The van der Waals surface area contributed by atoms with Gasteiger partial charge in [-0.05, 0) is 19.8 Å². The molecule has 0 aromatic carbocycles. The van der Waals surface area contributed by atoms with Gasteiger partial charge in [-0.25, -0.2) is 0 Å². The van der Waals surface area contributed by atoms with Crippen LogP contribution >= 0.6 is 0 Å². The molecule has 1 aliphatic rings. The van der Waals surface area contributed by atoms with Gasteiger partial charge in [0.05, 0.1) is 31.8 Å². The molecule has 5 heteroatoms. The zero-order valence-electron chi connectivity index (χ0n) is 11.2. The Bertz CT molecular complexity index is 229. The molecule has 1 atom stereocenters. The van der Waals surface area contributed by atoms with Crippen molar-refractivity contribution < 1.29 is 19.4 Å². The molecule has 1 unspecified atom stereocenters. The average Bonchev–Trinajstić information content (AvgIpc) is 2.81. The average molecular weight is 259 g/mol. The second-order valence-corrected chi connectivity index (χ2v) is 4.64. The zero-order valence-corrected chi connectivity index (χ0v) is 11.2. The Labute approximate surface area is 109 Å². The summed E-state index contributed by atoms with van der Waals surface area (Å²) in [6.07, 6.45) is 4.68. The van der Waals surface area contributed by atoms with Crippen LogP contribution < -0.4 is 5.32 Å². The maximum absolute atomic E-state index is 11.1. The lowest BCUT2D eigenvalue weighted by molar-refractivity contribution is -0.145. The first-order valence-corrected chi connectivity index (χ1v) is 6.88. The highest BCUT2D eigenvalue weighted by atomic mass is 16.5. The molecule has 2 N–H and O–H groups in total. The van der Waals surface area contributed by atoms with Crippen molar-refractivity contribution in [2.24, 2.45) is 0 Å². The number of aliphatic hydroxyl groups is 1. The van der Waals surface area contributed by atoms with Gasteiger partial charge >= 0.3 is 5.97 Å². The van der Waals surface area contributed by atoms with Crippen molar-refractivity contribution in [3.05, 3.63) is 0 Å². The van der Waals surface area contributed by atoms with E-state index in [2.05, 4.69) is 5.32 Å². The Kier molecular flexibility index (Phi) is 7.96. The first kappa shape index (κ1) is 15.4. The molecule has 18 heavy (non-hydrogen) atoms. The standard InChI is InChI=1S/C13H25NO4/c1-2-17-13(16)9-11(15)10-14-7-8-18-12-5-3-4-6-12/h11-12,14-15H,2-10H2,1H3. The van der Waals surface area contributed by atoms with Gasteiger partial charge in [-0.1, -0.05) is 12.8 Å².